The van der Waals surface area contributed by atoms with Gasteiger partial charge in [-0.1, -0.05) is 55.4 Å². The zero-order valence-electron chi connectivity index (χ0n) is 14.7. The molecule has 0 fully saturated rings. The number of benzene rings is 1. The highest BCUT2D eigenvalue weighted by atomic mass is 32.2. The third-order valence-electron chi connectivity index (χ3n) is 4.23. The fourth-order valence-corrected chi connectivity index (χ4v) is 3.84. The molecule has 1 aromatic carbocycles. The Hall–Kier alpha value is -2.28. The second-order valence-electron chi connectivity index (χ2n) is 6.05. The predicted molar refractivity (Wildman–Crippen MR) is 101 cm³/mol. The molecule has 0 aliphatic carbocycles. The van der Waals surface area contributed by atoms with Crippen LogP contribution >= 0.6 is 11.8 Å². The standard InChI is InChI=1S/C18H22N4O2S/c1-4-5-11-25-17-19-15-14(16(23)21(3)18(24)20(15)2)22(17)12-13-9-7-6-8-10-13/h6-10H,4-5,11-12H2,1-3H3. The van der Waals surface area contributed by atoms with Gasteiger partial charge in [0.05, 0.1) is 6.54 Å². The number of hydrogen-bond acceptors (Lipinski definition) is 4. The highest BCUT2D eigenvalue weighted by molar-refractivity contribution is 7.99. The average molecular weight is 358 g/mol. The maximum Gasteiger partial charge on any atom is 0.332 e. The van der Waals surface area contributed by atoms with Crippen LogP contribution in [0.2, 0.25) is 0 Å². The SMILES string of the molecule is CCCCSc1nc2c(c(=O)n(C)c(=O)n2C)n1Cc1ccccc1. The molecule has 0 unspecified atom stereocenters. The Bertz CT molecular complexity index is 1000. The van der Waals surface area contributed by atoms with E-state index in [1.807, 2.05) is 34.9 Å². The van der Waals surface area contributed by atoms with Crippen molar-refractivity contribution in [1.82, 2.24) is 18.7 Å². The van der Waals surface area contributed by atoms with Crippen LogP contribution in [0.3, 0.4) is 0 Å². The Kier molecular flexibility index (Phi) is 5.13. The van der Waals surface area contributed by atoms with Crippen LogP contribution in [0.5, 0.6) is 0 Å². The molecule has 2 heterocycles. The summed E-state index contributed by atoms with van der Waals surface area (Å²) in [4.78, 5) is 29.6. The second-order valence-corrected chi connectivity index (χ2v) is 7.11. The summed E-state index contributed by atoms with van der Waals surface area (Å²) in [7, 11) is 3.16. The molecule has 132 valence electrons. The molecular weight excluding hydrogens is 336 g/mol. The van der Waals surface area contributed by atoms with Crippen LogP contribution in [0.15, 0.2) is 45.1 Å². The second kappa shape index (κ2) is 7.31. The summed E-state index contributed by atoms with van der Waals surface area (Å²) >= 11 is 1.63. The van der Waals surface area contributed by atoms with Crippen molar-refractivity contribution >= 4 is 22.9 Å². The van der Waals surface area contributed by atoms with E-state index in [2.05, 4.69) is 11.9 Å². The van der Waals surface area contributed by atoms with Gasteiger partial charge in [-0.15, -0.1) is 0 Å². The van der Waals surface area contributed by atoms with Crippen LogP contribution in [0.25, 0.3) is 11.2 Å². The van der Waals surface area contributed by atoms with E-state index in [1.165, 1.54) is 11.6 Å². The van der Waals surface area contributed by atoms with Gasteiger partial charge in [-0.3, -0.25) is 13.9 Å². The maximum absolute atomic E-state index is 12.7. The van der Waals surface area contributed by atoms with Gasteiger partial charge in [0.1, 0.15) is 0 Å². The number of rotatable bonds is 6. The molecule has 0 bridgehead atoms. The monoisotopic (exact) mass is 358 g/mol. The first-order valence-electron chi connectivity index (χ1n) is 8.37. The van der Waals surface area contributed by atoms with E-state index in [1.54, 1.807) is 18.8 Å². The topological polar surface area (TPSA) is 61.8 Å². The maximum atomic E-state index is 12.7. The summed E-state index contributed by atoms with van der Waals surface area (Å²) in [6.45, 7) is 2.70. The van der Waals surface area contributed by atoms with Gasteiger partial charge >= 0.3 is 5.69 Å². The minimum absolute atomic E-state index is 0.302. The van der Waals surface area contributed by atoms with Crippen molar-refractivity contribution in [1.29, 1.82) is 0 Å². The molecule has 0 saturated heterocycles. The summed E-state index contributed by atoms with van der Waals surface area (Å²) in [6.07, 6.45) is 2.18. The molecule has 0 aliphatic heterocycles. The number of nitrogens with zero attached hydrogens (tertiary/aromatic N) is 4. The number of unbranched alkanes of at least 4 members (excludes halogenated alkanes) is 1. The lowest BCUT2D eigenvalue weighted by Crippen LogP contribution is -2.37. The molecule has 0 spiro atoms. The quantitative estimate of drug-likeness (QED) is 0.501. The van der Waals surface area contributed by atoms with Gasteiger partial charge < -0.3 is 4.57 Å². The van der Waals surface area contributed by atoms with E-state index < -0.39 is 0 Å². The van der Waals surface area contributed by atoms with E-state index >= 15 is 0 Å². The molecule has 7 heteroatoms. The van der Waals surface area contributed by atoms with Crippen molar-refractivity contribution in [3.63, 3.8) is 0 Å². The van der Waals surface area contributed by atoms with Crippen LogP contribution in [-0.2, 0) is 20.6 Å². The van der Waals surface area contributed by atoms with Crippen molar-refractivity contribution in [3.05, 3.63) is 56.7 Å². The van der Waals surface area contributed by atoms with E-state index in [0.717, 1.165) is 33.9 Å². The van der Waals surface area contributed by atoms with Gasteiger partial charge in [0.25, 0.3) is 5.56 Å². The number of aromatic nitrogens is 4. The average Bonchev–Trinajstić information content (AvgIpc) is 2.98. The summed E-state index contributed by atoms with van der Waals surface area (Å²) in [5, 5.41) is 0.783. The largest absolute Gasteiger partial charge is 0.332 e. The summed E-state index contributed by atoms with van der Waals surface area (Å²) in [6, 6.07) is 9.98. The van der Waals surface area contributed by atoms with Gasteiger partial charge in [0.15, 0.2) is 16.3 Å². The molecule has 0 amide bonds. The van der Waals surface area contributed by atoms with Crippen molar-refractivity contribution in [2.24, 2.45) is 14.1 Å². The van der Waals surface area contributed by atoms with Gasteiger partial charge in [-0.05, 0) is 12.0 Å². The third kappa shape index (κ3) is 3.28. The van der Waals surface area contributed by atoms with E-state index in [0.29, 0.717) is 17.7 Å². The minimum Gasteiger partial charge on any atom is -0.309 e. The number of hydrogen-bond donors (Lipinski definition) is 0. The van der Waals surface area contributed by atoms with E-state index in [-0.39, 0.29) is 11.2 Å². The Morgan fingerprint density at radius 3 is 2.48 bits per heavy atom. The first-order chi connectivity index (χ1) is 12.0. The van der Waals surface area contributed by atoms with Crippen LogP contribution in [-0.4, -0.2) is 24.4 Å². The number of imidazole rings is 1. The fraction of sp³-hybridized carbons (Fsp3) is 0.389. The third-order valence-corrected chi connectivity index (χ3v) is 5.29. The molecule has 0 saturated carbocycles. The molecule has 6 nitrogen and oxygen atoms in total. The smallest absolute Gasteiger partial charge is 0.309 e. The summed E-state index contributed by atoms with van der Waals surface area (Å²) < 4.78 is 4.53. The Balaban J connectivity index is 2.20. The summed E-state index contributed by atoms with van der Waals surface area (Å²) in [5.74, 6) is 0.933. The van der Waals surface area contributed by atoms with Crippen LogP contribution in [0.4, 0.5) is 0 Å². The number of thioether (sulfide) groups is 1. The van der Waals surface area contributed by atoms with Gasteiger partial charge in [-0.25, -0.2) is 9.78 Å². The number of aryl methyl sites for hydroxylation is 1. The van der Waals surface area contributed by atoms with E-state index in [4.69, 9.17) is 0 Å². The molecule has 3 aromatic rings. The Morgan fingerprint density at radius 1 is 1.08 bits per heavy atom. The van der Waals surface area contributed by atoms with Crippen LogP contribution < -0.4 is 11.2 Å². The van der Waals surface area contributed by atoms with Crippen LogP contribution in [0.1, 0.15) is 25.3 Å². The number of fused-ring (bicyclic) bond motifs is 1. The fourth-order valence-electron chi connectivity index (χ4n) is 2.76. The molecule has 0 aliphatic rings. The van der Waals surface area contributed by atoms with Gasteiger partial charge in [0.2, 0.25) is 0 Å². The molecule has 3 rings (SSSR count). The molecule has 0 radical (unpaired) electrons. The van der Waals surface area contributed by atoms with Crippen LogP contribution in [0, 0.1) is 0 Å². The van der Waals surface area contributed by atoms with Gasteiger partial charge in [0, 0.05) is 19.8 Å². The molecular formula is C18H22N4O2S. The molecule has 25 heavy (non-hydrogen) atoms. The highest BCUT2D eigenvalue weighted by Gasteiger charge is 2.19. The highest BCUT2D eigenvalue weighted by Crippen LogP contribution is 2.23. The van der Waals surface area contributed by atoms with Gasteiger partial charge in [-0.2, -0.15) is 0 Å². The first kappa shape index (κ1) is 17.5. The first-order valence-corrected chi connectivity index (χ1v) is 9.36. The lowest BCUT2D eigenvalue weighted by molar-refractivity contribution is 0.696. The minimum atomic E-state index is -0.355. The predicted octanol–water partition coefficient (Wildman–Crippen LogP) is 2.37. The van der Waals surface area contributed by atoms with E-state index in [9.17, 15) is 9.59 Å². The van der Waals surface area contributed by atoms with Crippen molar-refractivity contribution in [2.45, 2.75) is 31.5 Å². The zero-order chi connectivity index (χ0) is 18.0. The normalized spacial score (nSPS) is 11.3. The summed E-state index contributed by atoms with van der Waals surface area (Å²) in [5.41, 5.74) is 1.36. The Morgan fingerprint density at radius 2 is 1.80 bits per heavy atom. The molecule has 0 N–H and O–H groups in total. The van der Waals surface area contributed by atoms with Crippen molar-refractivity contribution < 1.29 is 0 Å². The zero-order valence-corrected chi connectivity index (χ0v) is 15.5. The van der Waals surface area contributed by atoms with Crippen molar-refractivity contribution in [3.8, 4) is 0 Å². The Labute approximate surface area is 150 Å². The lowest BCUT2D eigenvalue weighted by atomic mass is 10.2. The molecule has 2 aromatic heterocycles. The molecule has 0 atom stereocenters. The lowest BCUT2D eigenvalue weighted by Gasteiger charge is -2.09. The van der Waals surface area contributed by atoms with Crippen molar-refractivity contribution in [2.75, 3.05) is 5.75 Å².